The van der Waals surface area contributed by atoms with Crippen LogP contribution in [-0.2, 0) is 6.42 Å². The van der Waals surface area contributed by atoms with Gasteiger partial charge in [-0.25, -0.2) is 0 Å². The Labute approximate surface area is 132 Å². The van der Waals surface area contributed by atoms with Gasteiger partial charge in [-0.05, 0) is 55.0 Å². The summed E-state index contributed by atoms with van der Waals surface area (Å²) in [5.74, 6) is 0. The third kappa shape index (κ3) is 4.58. The van der Waals surface area contributed by atoms with Gasteiger partial charge in [-0.15, -0.1) is 0 Å². The molecule has 0 fully saturated rings. The van der Waals surface area contributed by atoms with E-state index in [2.05, 4.69) is 37.6 Å². The first kappa shape index (κ1) is 14.9. The zero-order valence-electron chi connectivity index (χ0n) is 11.2. The second-order valence-corrected chi connectivity index (χ2v) is 5.68. The Morgan fingerprint density at radius 1 is 1.30 bits per heavy atom. The molecule has 0 spiro atoms. The largest absolute Gasteiger partial charge is 0.362 e. The number of rotatable bonds is 4. The summed E-state index contributed by atoms with van der Waals surface area (Å²) in [6.07, 6.45) is 2.65. The quantitative estimate of drug-likeness (QED) is 0.825. The predicted molar refractivity (Wildman–Crippen MR) is 91.0 cm³/mol. The molecule has 0 unspecified atom stereocenters. The van der Waals surface area contributed by atoms with Gasteiger partial charge in [0.05, 0.1) is 0 Å². The summed E-state index contributed by atoms with van der Waals surface area (Å²) in [7, 11) is 0. The zero-order valence-corrected chi connectivity index (χ0v) is 13.6. The van der Waals surface area contributed by atoms with E-state index < -0.39 is 0 Å². The molecular weight excluding hydrogens is 334 g/mol. The van der Waals surface area contributed by atoms with Crippen molar-refractivity contribution in [3.63, 3.8) is 0 Å². The summed E-state index contributed by atoms with van der Waals surface area (Å²) in [5, 5.41) is 6.99. The minimum Gasteiger partial charge on any atom is -0.362 e. The molecule has 0 saturated carbocycles. The molecule has 0 atom stereocenters. The molecule has 0 bridgehead atoms. The van der Waals surface area contributed by atoms with Crippen molar-refractivity contribution in [2.75, 3.05) is 11.9 Å². The molecule has 0 radical (unpaired) electrons. The summed E-state index contributed by atoms with van der Waals surface area (Å²) in [4.78, 5) is 4.27. The number of nitrogens with one attached hydrogen (secondary N) is 2. The number of nitrogens with zero attached hydrogens (tertiary/aromatic N) is 1. The third-order valence-corrected chi connectivity index (χ3v) is 3.94. The topological polar surface area (TPSA) is 37.0 Å². The highest BCUT2D eigenvalue weighted by Gasteiger charge is 2.00. The normalized spacial score (nSPS) is 10.1. The number of pyridine rings is 1. The van der Waals surface area contributed by atoms with Crippen LogP contribution in [0.1, 0.15) is 11.3 Å². The number of hydrogen-bond donors (Lipinski definition) is 2. The molecule has 1 aromatic carbocycles. The number of aromatic nitrogens is 1. The third-order valence-electron chi connectivity index (χ3n) is 2.81. The number of halogens is 1. The average molecular weight is 350 g/mol. The van der Waals surface area contributed by atoms with E-state index in [1.165, 1.54) is 5.56 Å². The lowest BCUT2D eigenvalue weighted by Gasteiger charge is -2.11. The van der Waals surface area contributed by atoms with Gasteiger partial charge in [-0.2, -0.15) is 0 Å². The Hall–Kier alpha value is -1.46. The molecule has 0 amide bonds. The van der Waals surface area contributed by atoms with E-state index in [1.807, 2.05) is 37.3 Å². The molecule has 0 aliphatic carbocycles. The Balaban J connectivity index is 1.79. The standard InChI is InChI=1S/C15H16BrN3S/c1-11-10-13(5-6-14(11)16)19-15(20)18-9-7-12-4-2-3-8-17-12/h2-6,8,10H,7,9H2,1H3,(H2,18,19,20). The van der Waals surface area contributed by atoms with Gasteiger partial charge >= 0.3 is 0 Å². The summed E-state index contributed by atoms with van der Waals surface area (Å²) >= 11 is 8.75. The number of benzene rings is 1. The molecule has 20 heavy (non-hydrogen) atoms. The van der Waals surface area contributed by atoms with E-state index in [0.29, 0.717) is 5.11 Å². The van der Waals surface area contributed by atoms with Crippen molar-refractivity contribution in [3.8, 4) is 0 Å². The van der Waals surface area contributed by atoms with Crippen molar-refractivity contribution in [3.05, 3.63) is 58.3 Å². The summed E-state index contributed by atoms with van der Waals surface area (Å²) in [6.45, 7) is 2.81. The van der Waals surface area contributed by atoms with Crippen molar-refractivity contribution in [2.24, 2.45) is 0 Å². The highest BCUT2D eigenvalue weighted by Crippen LogP contribution is 2.19. The first-order valence-corrected chi connectivity index (χ1v) is 7.56. The van der Waals surface area contributed by atoms with Crippen molar-refractivity contribution in [1.29, 1.82) is 0 Å². The highest BCUT2D eigenvalue weighted by atomic mass is 79.9. The SMILES string of the molecule is Cc1cc(NC(=S)NCCc2ccccn2)ccc1Br. The van der Waals surface area contributed by atoms with Crippen LogP contribution in [0.4, 0.5) is 5.69 Å². The molecule has 0 aliphatic heterocycles. The van der Waals surface area contributed by atoms with Crippen molar-refractivity contribution >= 4 is 38.9 Å². The van der Waals surface area contributed by atoms with Gasteiger partial charge in [-0.1, -0.05) is 22.0 Å². The number of aryl methyl sites for hydroxylation is 1. The fourth-order valence-corrected chi connectivity index (χ4v) is 2.21. The van der Waals surface area contributed by atoms with Crippen LogP contribution < -0.4 is 10.6 Å². The molecule has 5 heteroatoms. The number of thiocarbonyl (C=S) groups is 1. The summed E-state index contributed by atoms with van der Waals surface area (Å²) in [6, 6.07) is 12.0. The van der Waals surface area contributed by atoms with Crippen molar-refractivity contribution < 1.29 is 0 Å². The Morgan fingerprint density at radius 2 is 2.15 bits per heavy atom. The van der Waals surface area contributed by atoms with Gasteiger partial charge in [0, 0.05) is 35.0 Å². The molecule has 3 nitrogen and oxygen atoms in total. The predicted octanol–water partition coefficient (Wildman–Crippen LogP) is 3.68. The van der Waals surface area contributed by atoms with Gasteiger partial charge in [0.25, 0.3) is 0 Å². The van der Waals surface area contributed by atoms with Crippen LogP contribution in [-0.4, -0.2) is 16.6 Å². The van der Waals surface area contributed by atoms with Gasteiger partial charge < -0.3 is 10.6 Å². The maximum atomic E-state index is 5.27. The van der Waals surface area contributed by atoms with E-state index in [0.717, 1.165) is 28.8 Å². The van der Waals surface area contributed by atoms with Crippen molar-refractivity contribution in [1.82, 2.24) is 10.3 Å². The molecular formula is C15H16BrN3S. The van der Waals surface area contributed by atoms with Crippen LogP contribution >= 0.6 is 28.1 Å². The molecule has 1 heterocycles. The van der Waals surface area contributed by atoms with Gasteiger partial charge in [-0.3, -0.25) is 4.98 Å². The zero-order chi connectivity index (χ0) is 14.4. The Kier molecular flexibility index (Phi) is 5.49. The molecule has 2 aromatic rings. The smallest absolute Gasteiger partial charge is 0.170 e. The van der Waals surface area contributed by atoms with E-state index >= 15 is 0 Å². The van der Waals surface area contributed by atoms with Gasteiger partial charge in [0.15, 0.2) is 5.11 Å². The second kappa shape index (κ2) is 7.36. The van der Waals surface area contributed by atoms with Crippen LogP contribution in [0.5, 0.6) is 0 Å². The maximum absolute atomic E-state index is 5.27. The van der Waals surface area contributed by atoms with Crippen LogP contribution in [0.25, 0.3) is 0 Å². The number of anilines is 1. The lowest BCUT2D eigenvalue weighted by atomic mass is 10.2. The minimum atomic E-state index is 0.627. The van der Waals surface area contributed by atoms with Crippen LogP contribution in [0.3, 0.4) is 0 Å². The number of hydrogen-bond acceptors (Lipinski definition) is 2. The lowest BCUT2D eigenvalue weighted by Crippen LogP contribution is -2.30. The fraction of sp³-hybridized carbons (Fsp3) is 0.200. The van der Waals surface area contributed by atoms with E-state index in [1.54, 1.807) is 6.20 Å². The van der Waals surface area contributed by atoms with E-state index in [-0.39, 0.29) is 0 Å². The molecule has 0 saturated heterocycles. The Morgan fingerprint density at radius 3 is 2.85 bits per heavy atom. The average Bonchev–Trinajstić information content (AvgIpc) is 2.44. The highest BCUT2D eigenvalue weighted by molar-refractivity contribution is 9.10. The van der Waals surface area contributed by atoms with Crippen LogP contribution in [0, 0.1) is 6.92 Å². The maximum Gasteiger partial charge on any atom is 0.170 e. The first-order valence-electron chi connectivity index (χ1n) is 6.36. The molecule has 2 N–H and O–H groups in total. The van der Waals surface area contributed by atoms with Crippen molar-refractivity contribution in [2.45, 2.75) is 13.3 Å². The monoisotopic (exact) mass is 349 g/mol. The fourth-order valence-electron chi connectivity index (χ4n) is 1.75. The van der Waals surface area contributed by atoms with Crippen LogP contribution in [0.15, 0.2) is 47.1 Å². The summed E-state index contributed by atoms with van der Waals surface area (Å²) in [5.41, 5.74) is 3.22. The van der Waals surface area contributed by atoms with Gasteiger partial charge in [0.2, 0.25) is 0 Å². The van der Waals surface area contributed by atoms with Crippen LogP contribution in [0.2, 0.25) is 0 Å². The molecule has 1 aromatic heterocycles. The van der Waals surface area contributed by atoms with E-state index in [9.17, 15) is 0 Å². The first-order chi connectivity index (χ1) is 9.65. The minimum absolute atomic E-state index is 0.627. The second-order valence-electron chi connectivity index (χ2n) is 4.42. The molecule has 2 rings (SSSR count). The van der Waals surface area contributed by atoms with Gasteiger partial charge in [0.1, 0.15) is 0 Å². The molecule has 0 aliphatic rings. The van der Waals surface area contributed by atoms with E-state index in [4.69, 9.17) is 12.2 Å². The molecule has 104 valence electrons. The lowest BCUT2D eigenvalue weighted by molar-refractivity contribution is 0.847. The summed E-state index contributed by atoms with van der Waals surface area (Å²) < 4.78 is 1.09. The Bertz CT molecular complexity index is 587.